The van der Waals surface area contributed by atoms with Crippen LogP contribution in [-0.4, -0.2) is 40.7 Å². The lowest BCUT2D eigenvalue weighted by Crippen LogP contribution is -2.26. The van der Waals surface area contributed by atoms with Gasteiger partial charge in [-0.25, -0.2) is 0 Å². The molecule has 2 aromatic carbocycles. The number of ether oxygens (including phenoxy) is 2. The molecule has 0 spiro atoms. The van der Waals surface area contributed by atoms with Crippen molar-refractivity contribution in [1.82, 2.24) is 5.32 Å². The number of thioether (sulfide) groups is 1. The fourth-order valence-corrected chi connectivity index (χ4v) is 3.43. The largest absolute Gasteiger partial charge is 0.493 e. The van der Waals surface area contributed by atoms with Gasteiger partial charge in [-0.05, 0) is 29.3 Å². The van der Waals surface area contributed by atoms with Crippen molar-refractivity contribution in [3.8, 4) is 11.5 Å². The molecule has 150 valence electrons. The molecule has 29 heavy (non-hydrogen) atoms. The number of methoxy groups -OCH3 is 1. The number of benzene rings is 2. The first-order valence-corrected chi connectivity index (χ1v) is 9.58. The molecular formula is C20H19N3O5S. The summed E-state index contributed by atoms with van der Waals surface area (Å²) in [7, 11) is 1.55. The average molecular weight is 413 g/mol. The van der Waals surface area contributed by atoms with Gasteiger partial charge in [-0.2, -0.15) is 5.10 Å². The molecule has 0 aromatic heterocycles. The highest BCUT2D eigenvalue weighted by atomic mass is 32.2. The monoisotopic (exact) mass is 413 g/mol. The molecule has 9 heteroatoms. The first-order chi connectivity index (χ1) is 14.0. The van der Waals surface area contributed by atoms with Crippen LogP contribution in [0.15, 0.2) is 58.7 Å². The molecule has 1 saturated heterocycles. The van der Waals surface area contributed by atoms with E-state index in [-0.39, 0.29) is 17.5 Å². The zero-order valence-electron chi connectivity index (χ0n) is 15.6. The second-order valence-electron chi connectivity index (χ2n) is 6.03. The van der Waals surface area contributed by atoms with Crippen LogP contribution in [0, 0.1) is 0 Å². The quantitative estimate of drug-likeness (QED) is 0.509. The Morgan fingerprint density at radius 1 is 1.24 bits per heavy atom. The number of carbonyl (C=O) groups excluding carboxylic acids is 1. The van der Waals surface area contributed by atoms with Gasteiger partial charge in [0, 0.05) is 0 Å². The lowest BCUT2D eigenvalue weighted by molar-refractivity contribution is -0.138. The van der Waals surface area contributed by atoms with Gasteiger partial charge in [-0.1, -0.05) is 42.1 Å². The van der Waals surface area contributed by atoms with Gasteiger partial charge in [0.2, 0.25) is 5.91 Å². The molecule has 1 aliphatic rings. The Labute approximate surface area is 171 Å². The molecule has 1 atom stereocenters. The van der Waals surface area contributed by atoms with E-state index in [1.165, 1.54) is 6.21 Å². The van der Waals surface area contributed by atoms with Gasteiger partial charge in [0.25, 0.3) is 0 Å². The molecular weight excluding hydrogens is 394 g/mol. The van der Waals surface area contributed by atoms with Crippen LogP contribution in [0.5, 0.6) is 11.5 Å². The number of carboxylic acids is 1. The molecule has 1 aliphatic heterocycles. The van der Waals surface area contributed by atoms with Gasteiger partial charge in [0.1, 0.15) is 11.9 Å². The summed E-state index contributed by atoms with van der Waals surface area (Å²) >= 11 is 1.05. The van der Waals surface area contributed by atoms with Crippen LogP contribution in [0.4, 0.5) is 0 Å². The van der Waals surface area contributed by atoms with Crippen molar-refractivity contribution in [2.75, 3.05) is 7.11 Å². The van der Waals surface area contributed by atoms with Crippen molar-refractivity contribution < 1.29 is 24.2 Å². The minimum atomic E-state index is -1.04. The minimum Gasteiger partial charge on any atom is -0.493 e. The first kappa shape index (κ1) is 20.4. The van der Waals surface area contributed by atoms with Crippen molar-refractivity contribution in [2.45, 2.75) is 18.3 Å². The fraction of sp³-hybridized carbons (Fsp3) is 0.200. The lowest BCUT2D eigenvalue weighted by Gasteiger charge is -2.11. The molecule has 0 aliphatic carbocycles. The van der Waals surface area contributed by atoms with E-state index in [1.807, 2.05) is 30.3 Å². The highest BCUT2D eigenvalue weighted by molar-refractivity contribution is 8.15. The van der Waals surface area contributed by atoms with E-state index >= 15 is 0 Å². The van der Waals surface area contributed by atoms with Crippen LogP contribution in [0.25, 0.3) is 0 Å². The molecule has 0 unspecified atom stereocenters. The zero-order chi connectivity index (χ0) is 20.6. The second kappa shape index (κ2) is 9.74. The number of carbonyl (C=O) groups is 2. The predicted molar refractivity (Wildman–Crippen MR) is 111 cm³/mol. The van der Waals surface area contributed by atoms with Gasteiger partial charge in [0.15, 0.2) is 16.7 Å². The summed E-state index contributed by atoms with van der Waals surface area (Å²) in [5, 5.41) is 18.8. The Hall–Kier alpha value is -3.33. The number of nitrogens with one attached hydrogen (secondary N) is 1. The zero-order valence-corrected chi connectivity index (χ0v) is 16.4. The van der Waals surface area contributed by atoms with Crippen LogP contribution < -0.4 is 14.8 Å². The Morgan fingerprint density at radius 3 is 2.76 bits per heavy atom. The summed E-state index contributed by atoms with van der Waals surface area (Å²) in [6.07, 6.45) is 1.24. The number of hydrogen-bond donors (Lipinski definition) is 2. The molecule has 8 nitrogen and oxygen atoms in total. The molecule has 0 bridgehead atoms. The smallest absolute Gasteiger partial charge is 0.305 e. The normalized spacial score (nSPS) is 17.5. The van der Waals surface area contributed by atoms with Crippen molar-refractivity contribution >= 4 is 35.0 Å². The Morgan fingerprint density at radius 2 is 2.03 bits per heavy atom. The van der Waals surface area contributed by atoms with E-state index in [1.54, 1.807) is 25.3 Å². The maximum Gasteiger partial charge on any atom is 0.305 e. The summed E-state index contributed by atoms with van der Waals surface area (Å²) < 4.78 is 11.2. The van der Waals surface area contributed by atoms with Gasteiger partial charge in [-0.3, -0.25) is 9.59 Å². The predicted octanol–water partition coefficient (Wildman–Crippen LogP) is 2.67. The standard InChI is InChI=1S/C20H19N3O5S/c1-27-16-9-14(7-8-15(16)28-12-13-5-3-2-4-6-13)11-21-23-20-22-19(26)17(29-20)10-18(24)25/h2-9,11,17H,10,12H2,1H3,(H,24,25)(H,22,23,26)/b21-11-/t17-/m1/s1. The van der Waals surface area contributed by atoms with Gasteiger partial charge < -0.3 is 19.9 Å². The molecule has 1 heterocycles. The maximum absolute atomic E-state index is 11.7. The van der Waals surface area contributed by atoms with Crippen LogP contribution >= 0.6 is 11.8 Å². The Kier molecular flexibility index (Phi) is 6.85. The highest BCUT2D eigenvalue weighted by Gasteiger charge is 2.32. The number of amides is 1. The molecule has 2 aromatic rings. The van der Waals surface area contributed by atoms with Gasteiger partial charge in [-0.15, -0.1) is 5.10 Å². The molecule has 3 rings (SSSR count). The summed E-state index contributed by atoms with van der Waals surface area (Å²) in [5.74, 6) is -0.255. The third-order valence-corrected chi connectivity index (χ3v) is 4.99. The van der Waals surface area contributed by atoms with E-state index in [0.29, 0.717) is 18.1 Å². The summed E-state index contributed by atoms with van der Waals surface area (Å²) in [6.45, 7) is 0.423. The number of carboxylic acid groups (broad SMARTS) is 1. The third-order valence-electron chi connectivity index (χ3n) is 3.92. The molecule has 0 radical (unpaired) electrons. The highest BCUT2D eigenvalue weighted by Crippen LogP contribution is 2.28. The number of rotatable bonds is 8. The number of amidine groups is 1. The van der Waals surface area contributed by atoms with Crippen LogP contribution in [-0.2, 0) is 16.2 Å². The van der Waals surface area contributed by atoms with E-state index in [0.717, 1.165) is 22.9 Å². The van der Waals surface area contributed by atoms with Crippen molar-refractivity contribution in [1.29, 1.82) is 0 Å². The molecule has 0 saturated carbocycles. The number of hydrogen-bond acceptors (Lipinski definition) is 7. The summed E-state index contributed by atoms with van der Waals surface area (Å²) in [4.78, 5) is 22.4. The number of aliphatic carboxylic acids is 1. The molecule has 1 amide bonds. The van der Waals surface area contributed by atoms with Crippen molar-refractivity contribution in [2.24, 2.45) is 10.2 Å². The third kappa shape index (κ3) is 5.82. The Bertz CT molecular complexity index is 946. The van der Waals surface area contributed by atoms with E-state index < -0.39 is 11.2 Å². The Balaban J connectivity index is 1.62. The maximum atomic E-state index is 11.7. The summed E-state index contributed by atoms with van der Waals surface area (Å²) in [6, 6.07) is 15.2. The molecule has 1 fully saturated rings. The van der Waals surface area contributed by atoms with Crippen LogP contribution in [0.3, 0.4) is 0 Å². The van der Waals surface area contributed by atoms with E-state index in [4.69, 9.17) is 14.6 Å². The topological polar surface area (TPSA) is 110 Å². The SMILES string of the molecule is COc1cc(/C=N\N=C2\NC(=O)[C@@H](CC(=O)O)S2)ccc1OCc1ccccc1. The second-order valence-corrected chi connectivity index (χ2v) is 7.22. The van der Waals surface area contributed by atoms with E-state index in [2.05, 4.69) is 15.5 Å². The minimum absolute atomic E-state index is 0.263. The van der Waals surface area contributed by atoms with Gasteiger partial charge in [0.05, 0.1) is 19.7 Å². The van der Waals surface area contributed by atoms with Crippen molar-refractivity contribution in [3.05, 3.63) is 59.7 Å². The van der Waals surface area contributed by atoms with Crippen LogP contribution in [0.2, 0.25) is 0 Å². The van der Waals surface area contributed by atoms with E-state index in [9.17, 15) is 9.59 Å². The van der Waals surface area contributed by atoms with Crippen molar-refractivity contribution in [3.63, 3.8) is 0 Å². The summed E-state index contributed by atoms with van der Waals surface area (Å²) in [5.41, 5.74) is 1.78. The number of nitrogens with zero attached hydrogens (tertiary/aromatic N) is 2. The molecule has 2 N–H and O–H groups in total. The lowest BCUT2D eigenvalue weighted by atomic mass is 10.2. The average Bonchev–Trinajstić information content (AvgIpc) is 3.06. The van der Waals surface area contributed by atoms with Crippen LogP contribution in [0.1, 0.15) is 17.5 Å². The van der Waals surface area contributed by atoms with Gasteiger partial charge >= 0.3 is 5.97 Å². The fourth-order valence-electron chi connectivity index (χ4n) is 2.51. The first-order valence-electron chi connectivity index (χ1n) is 8.70.